The Balaban J connectivity index is 0.000000845. The second-order valence-corrected chi connectivity index (χ2v) is 13.0. The van der Waals surface area contributed by atoms with Crippen molar-refractivity contribution in [2.45, 2.75) is 57.4 Å². The fourth-order valence-corrected chi connectivity index (χ4v) is 6.35. The molecule has 1 unspecified atom stereocenters. The number of carbonyl (C=O) groups is 3. The van der Waals surface area contributed by atoms with Crippen molar-refractivity contribution in [2.75, 3.05) is 39.7 Å². The molecule has 4 N–H and O–H groups in total. The quantitative estimate of drug-likeness (QED) is 0.178. The molecular weight excluding hydrogens is 713 g/mol. The molecule has 3 atom stereocenters. The Morgan fingerprint density at radius 2 is 1.69 bits per heavy atom. The molecule has 1 fully saturated rings. The van der Waals surface area contributed by atoms with Crippen molar-refractivity contribution in [2.24, 2.45) is 5.73 Å². The highest BCUT2D eigenvalue weighted by atomic mass is 19.4. The summed E-state index contributed by atoms with van der Waals surface area (Å²) < 4.78 is 48.4. The zero-order valence-electron chi connectivity index (χ0n) is 30.3. The zero-order valence-corrected chi connectivity index (χ0v) is 30.3. The average Bonchev–Trinajstić information content (AvgIpc) is 3.62. The number of benzene rings is 3. The van der Waals surface area contributed by atoms with Crippen LogP contribution in [0.5, 0.6) is 17.2 Å². The van der Waals surface area contributed by atoms with E-state index in [1.165, 1.54) is 0 Å². The number of nitrogens with two attached hydrogens (primary N) is 1. The molecule has 3 amide bonds. The predicted molar refractivity (Wildman–Crippen MR) is 188 cm³/mol. The van der Waals surface area contributed by atoms with Gasteiger partial charge in [0.15, 0.2) is 11.5 Å². The van der Waals surface area contributed by atoms with Crippen molar-refractivity contribution in [1.82, 2.24) is 15.0 Å². The number of nitrogens with one attached hydrogen (secondary N) is 1. The minimum Gasteiger partial charge on any atom is -0.542 e. The monoisotopic (exact) mass is 756 g/mol. The Kier molecular flexibility index (Phi) is 13.5. The number of aryl methyl sites for hydroxylation is 1. The first-order valence-electron chi connectivity index (χ1n) is 17.0. The second kappa shape index (κ2) is 17.8. The Hall–Kier alpha value is -5.84. The van der Waals surface area contributed by atoms with Crippen LogP contribution in [0.2, 0.25) is 0 Å². The van der Waals surface area contributed by atoms with Gasteiger partial charge in [-0.25, -0.2) is 4.79 Å². The number of methoxy groups -OCH3 is 2. The number of anilines is 1. The van der Waals surface area contributed by atoms with E-state index < -0.39 is 30.1 Å². The number of carbonyl (C=O) groups excluding carboxylic acids is 3. The van der Waals surface area contributed by atoms with Gasteiger partial charge in [-0.1, -0.05) is 24.2 Å². The number of hydrogen-bond acceptors (Lipinski definition) is 10. The smallest absolute Gasteiger partial charge is 0.430 e. The number of amides is 3. The number of phenolic OH excluding ortho intramolecular Hbond substituents is 1. The maximum atomic E-state index is 14.2. The van der Waals surface area contributed by atoms with E-state index in [1.807, 2.05) is 37.3 Å². The van der Waals surface area contributed by atoms with E-state index in [2.05, 4.69) is 22.5 Å². The summed E-state index contributed by atoms with van der Waals surface area (Å²) in [6.07, 6.45) is -2.80. The van der Waals surface area contributed by atoms with Gasteiger partial charge in [-0.3, -0.25) is 4.79 Å². The van der Waals surface area contributed by atoms with E-state index in [1.54, 1.807) is 55.5 Å². The topological polar surface area (TPSA) is 193 Å². The van der Waals surface area contributed by atoms with Crippen molar-refractivity contribution in [3.63, 3.8) is 0 Å². The Morgan fingerprint density at radius 3 is 2.24 bits per heavy atom. The van der Waals surface area contributed by atoms with E-state index in [0.29, 0.717) is 59.3 Å². The van der Waals surface area contributed by atoms with Crippen LogP contribution in [0, 0.1) is 0 Å². The molecule has 0 bridgehead atoms. The lowest BCUT2D eigenvalue weighted by atomic mass is 9.96. The number of phenols is 1. The molecule has 54 heavy (non-hydrogen) atoms. The average molecular weight is 757 g/mol. The summed E-state index contributed by atoms with van der Waals surface area (Å²) in [7, 11) is 5.39. The van der Waals surface area contributed by atoms with Crippen molar-refractivity contribution in [3.05, 3.63) is 83.7 Å². The highest BCUT2D eigenvalue weighted by molar-refractivity contribution is 5.94. The first-order chi connectivity index (χ1) is 25.5. The molecule has 14 nitrogen and oxygen atoms in total. The standard InChI is InChI=1S/C35H42N6O6.C2HF3O2/c1-5-32-38-34(39-47-32)25-11-13-26(14-12-25)37-35(44)40(29(33(36)43)19-23-8-15-28(42)16-9-23)27-7-6-18-41(2,22-27)21-24-10-17-30(45-3)31(20-24)46-4;3-2(4,5)1(6)7/h8-17,20,27,29H,5-7,18-19,21-22H2,1-4H3,(H3-,36,37,39,42,43,44);(H,6,7)/t27-,29+,41?;/m1./s1. The maximum absolute atomic E-state index is 14.2. The van der Waals surface area contributed by atoms with E-state index in [4.69, 9.17) is 29.6 Å². The van der Waals surface area contributed by atoms with Gasteiger partial charge in [0.25, 0.3) is 0 Å². The molecule has 0 radical (unpaired) electrons. The van der Waals surface area contributed by atoms with Crippen LogP contribution in [0.4, 0.5) is 23.7 Å². The number of aromatic nitrogens is 2. The SMILES string of the molecule is CCc1nc(-c2ccc(NC(=O)N([C@@H]3CCC[N+](C)(Cc4ccc(OC)c(OC)c4)C3)[C@@H](Cc3ccc(O)cc3)C(N)=O)cc2)no1.O=C([O-])C(F)(F)F. The fraction of sp³-hybridized carbons (Fsp3) is 0.378. The van der Waals surface area contributed by atoms with Gasteiger partial charge in [-0.15, -0.1) is 0 Å². The third-order valence-corrected chi connectivity index (χ3v) is 8.95. The third-order valence-electron chi connectivity index (χ3n) is 8.95. The highest BCUT2D eigenvalue weighted by Crippen LogP contribution is 2.32. The first-order valence-corrected chi connectivity index (χ1v) is 17.0. The summed E-state index contributed by atoms with van der Waals surface area (Å²) in [5.74, 6) is -1.16. The summed E-state index contributed by atoms with van der Waals surface area (Å²) in [5, 5.41) is 25.6. The number of piperidine rings is 1. The van der Waals surface area contributed by atoms with Crippen LogP contribution in [0.25, 0.3) is 11.4 Å². The van der Waals surface area contributed by atoms with Crippen LogP contribution >= 0.6 is 0 Å². The van der Waals surface area contributed by atoms with Crippen LogP contribution in [-0.4, -0.2) is 95.2 Å². The molecule has 17 heteroatoms. The number of hydrogen-bond donors (Lipinski definition) is 3. The fourth-order valence-electron chi connectivity index (χ4n) is 6.35. The van der Waals surface area contributed by atoms with Gasteiger partial charge in [0.1, 0.15) is 24.3 Å². The number of nitrogens with zero attached hydrogens (tertiary/aromatic N) is 4. The van der Waals surface area contributed by atoms with E-state index in [9.17, 15) is 27.9 Å². The number of aromatic hydroxyl groups is 1. The zero-order chi connectivity index (χ0) is 39.6. The number of carboxylic acid groups (broad SMARTS) is 1. The molecule has 1 saturated heterocycles. The summed E-state index contributed by atoms with van der Waals surface area (Å²) >= 11 is 0. The van der Waals surface area contributed by atoms with Crippen molar-refractivity contribution in [3.8, 4) is 28.6 Å². The lowest BCUT2D eigenvalue weighted by molar-refractivity contribution is -0.928. The molecule has 0 aliphatic carbocycles. The predicted octanol–water partition coefficient (Wildman–Crippen LogP) is 4.06. The molecule has 0 saturated carbocycles. The molecule has 1 aliphatic rings. The molecule has 1 aromatic heterocycles. The number of halogens is 3. The summed E-state index contributed by atoms with van der Waals surface area (Å²) in [5.41, 5.74) is 9.19. The van der Waals surface area contributed by atoms with Gasteiger partial charge in [-0.2, -0.15) is 18.2 Å². The normalized spacial score (nSPS) is 17.4. The number of carboxylic acids is 1. The number of likely N-dealkylation sites (tertiary alicyclic amines) is 1. The largest absolute Gasteiger partial charge is 0.542 e. The number of aliphatic carboxylic acids is 1. The number of primary amides is 1. The van der Waals surface area contributed by atoms with Gasteiger partial charge in [-0.05, 0) is 73.0 Å². The molecule has 0 spiro atoms. The molecule has 4 aromatic rings. The van der Waals surface area contributed by atoms with Crippen LogP contribution in [0.1, 0.15) is 36.8 Å². The minimum atomic E-state index is -5.19. The van der Waals surface area contributed by atoms with Gasteiger partial charge < -0.3 is 49.4 Å². The van der Waals surface area contributed by atoms with E-state index in [-0.39, 0.29) is 18.2 Å². The van der Waals surface area contributed by atoms with Crippen molar-refractivity contribution < 1.29 is 56.2 Å². The Morgan fingerprint density at radius 1 is 1.06 bits per heavy atom. The number of alkyl halides is 3. The van der Waals surface area contributed by atoms with Gasteiger partial charge >= 0.3 is 12.2 Å². The molecule has 5 rings (SSSR count). The van der Waals surface area contributed by atoms with Gasteiger partial charge in [0.05, 0.1) is 40.4 Å². The number of urea groups is 1. The molecule has 3 aromatic carbocycles. The van der Waals surface area contributed by atoms with Crippen molar-refractivity contribution >= 4 is 23.6 Å². The lowest BCUT2D eigenvalue weighted by Gasteiger charge is -2.46. The number of quaternary nitrogens is 1. The number of ether oxygens (including phenoxy) is 2. The summed E-state index contributed by atoms with van der Waals surface area (Å²) in [6.45, 7) is 4.14. The Labute approximate surface area is 309 Å². The van der Waals surface area contributed by atoms with Crippen LogP contribution < -0.4 is 25.6 Å². The first kappa shape index (κ1) is 40.9. The van der Waals surface area contributed by atoms with Crippen LogP contribution in [0.15, 0.2) is 71.3 Å². The number of likely N-dealkylation sites (N-methyl/N-ethyl adjacent to an activating group) is 1. The minimum absolute atomic E-state index is 0.115. The number of rotatable bonds is 12. The summed E-state index contributed by atoms with van der Waals surface area (Å²) in [4.78, 5) is 42.1. The van der Waals surface area contributed by atoms with Gasteiger partial charge in [0.2, 0.25) is 17.6 Å². The Bertz CT molecular complexity index is 1890. The van der Waals surface area contributed by atoms with Gasteiger partial charge in [0, 0.05) is 29.7 Å². The maximum Gasteiger partial charge on any atom is 0.430 e. The van der Waals surface area contributed by atoms with Crippen molar-refractivity contribution in [1.29, 1.82) is 0 Å². The second-order valence-electron chi connectivity index (χ2n) is 13.0. The van der Waals surface area contributed by atoms with E-state index in [0.717, 1.165) is 29.7 Å². The van der Waals surface area contributed by atoms with Crippen LogP contribution in [0.3, 0.4) is 0 Å². The van der Waals surface area contributed by atoms with E-state index >= 15 is 0 Å². The lowest BCUT2D eigenvalue weighted by Crippen LogP contribution is -2.62. The highest BCUT2D eigenvalue weighted by Gasteiger charge is 2.41. The molecule has 2 heterocycles. The van der Waals surface area contributed by atoms with Crippen LogP contribution in [-0.2, 0) is 29.0 Å². The third kappa shape index (κ3) is 10.8. The summed E-state index contributed by atoms with van der Waals surface area (Å²) in [6, 6.07) is 18.0. The molecule has 1 aliphatic heterocycles. The molecular formula is C37H43F3N6O8. The molecule has 290 valence electrons.